The first-order chi connectivity index (χ1) is 7.50. The molecule has 4 nitrogen and oxygen atoms in total. The number of nitrogens with zero attached hydrogens (tertiary/aromatic N) is 2. The topological polar surface area (TPSA) is 50.1 Å². The van der Waals surface area contributed by atoms with Crippen molar-refractivity contribution >= 4 is 0 Å². The Balaban J connectivity index is 2.43. The molecular formula is C12H23N3O. The number of rotatable bonds is 6. The minimum absolute atomic E-state index is 0.238. The summed E-state index contributed by atoms with van der Waals surface area (Å²) in [5, 5.41) is 16.8. The Bertz CT molecular complexity index is 307. The highest BCUT2D eigenvalue weighted by molar-refractivity contribution is 5.09. The lowest BCUT2D eigenvalue weighted by Gasteiger charge is -2.12. The van der Waals surface area contributed by atoms with Gasteiger partial charge in [-0.25, -0.2) is 0 Å². The summed E-state index contributed by atoms with van der Waals surface area (Å²) < 4.78 is 1.96. The lowest BCUT2D eigenvalue weighted by molar-refractivity contribution is 0.182. The smallest absolute Gasteiger partial charge is 0.0537 e. The van der Waals surface area contributed by atoms with Crippen LogP contribution in [0.3, 0.4) is 0 Å². The van der Waals surface area contributed by atoms with E-state index in [1.807, 2.05) is 17.8 Å². The van der Waals surface area contributed by atoms with Crippen molar-refractivity contribution in [2.75, 3.05) is 6.54 Å². The first kappa shape index (κ1) is 13.2. The van der Waals surface area contributed by atoms with Crippen LogP contribution >= 0.6 is 0 Å². The second-order valence-corrected chi connectivity index (χ2v) is 4.66. The molecular weight excluding hydrogens is 202 g/mol. The Kier molecular flexibility index (Phi) is 4.96. The van der Waals surface area contributed by atoms with Gasteiger partial charge >= 0.3 is 0 Å². The number of aliphatic hydroxyl groups excluding tert-OH is 1. The molecule has 1 aromatic rings. The molecule has 0 spiro atoms. The largest absolute Gasteiger partial charge is 0.393 e. The zero-order valence-corrected chi connectivity index (χ0v) is 10.6. The summed E-state index contributed by atoms with van der Waals surface area (Å²) in [6.07, 6.45) is 4.52. The van der Waals surface area contributed by atoms with Gasteiger partial charge in [0.1, 0.15) is 0 Å². The van der Waals surface area contributed by atoms with E-state index >= 15 is 0 Å². The van der Waals surface area contributed by atoms with E-state index in [0.717, 1.165) is 13.0 Å². The van der Waals surface area contributed by atoms with Crippen molar-refractivity contribution in [2.45, 2.75) is 52.3 Å². The van der Waals surface area contributed by atoms with Gasteiger partial charge in [0.25, 0.3) is 0 Å². The van der Waals surface area contributed by atoms with Gasteiger partial charge in [0.2, 0.25) is 0 Å². The first-order valence-corrected chi connectivity index (χ1v) is 5.96. The van der Waals surface area contributed by atoms with Gasteiger partial charge in [-0.3, -0.25) is 4.68 Å². The van der Waals surface area contributed by atoms with Crippen LogP contribution in [0.5, 0.6) is 0 Å². The molecule has 1 heterocycles. The highest BCUT2D eigenvalue weighted by atomic mass is 16.3. The van der Waals surface area contributed by atoms with Crippen molar-refractivity contribution < 1.29 is 5.11 Å². The van der Waals surface area contributed by atoms with Crippen LogP contribution in [-0.2, 0) is 0 Å². The Morgan fingerprint density at radius 3 is 2.56 bits per heavy atom. The maximum atomic E-state index is 9.16. The van der Waals surface area contributed by atoms with E-state index in [2.05, 4.69) is 37.4 Å². The van der Waals surface area contributed by atoms with Crippen LogP contribution in [0.4, 0.5) is 0 Å². The van der Waals surface area contributed by atoms with Crippen molar-refractivity contribution in [1.29, 1.82) is 0 Å². The van der Waals surface area contributed by atoms with Gasteiger partial charge in [0.05, 0.1) is 12.3 Å². The SMILES string of the molecule is CC(O)CCNC(C)c1cnn(C(C)C)c1. The molecule has 0 aromatic carbocycles. The zero-order valence-electron chi connectivity index (χ0n) is 10.6. The number of hydrogen-bond donors (Lipinski definition) is 2. The highest BCUT2D eigenvalue weighted by Crippen LogP contribution is 2.13. The number of nitrogens with one attached hydrogen (secondary N) is 1. The fraction of sp³-hybridized carbons (Fsp3) is 0.750. The average molecular weight is 225 g/mol. The molecule has 0 aliphatic carbocycles. The summed E-state index contributed by atoms with van der Waals surface area (Å²) in [6, 6.07) is 0.685. The van der Waals surface area contributed by atoms with Gasteiger partial charge in [0, 0.05) is 23.8 Å². The van der Waals surface area contributed by atoms with Crippen LogP contribution in [-0.4, -0.2) is 27.5 Å². The summed E-state index contributed by atoms with van der Waals surface area (Å²) in [7, 11) is 0. The summed E-state index contributed by atoms with van der Waals surface area (Å²) in [6.45, 7) is 8.98. The van der Waals surface area contributed by atoms with Crippen LogP contribution in [0.1, 0.15) is 51.8 Å². The van der Waals surface area contributed by atoms with E-state index in [1.165, 1.54) is 5.56 Å². The van der Waals surface area contributed by atoms with Crippen LogP contribution in [0.15, 0.2) is 12.4 Å². The van der Waals surface area contributed by atoms with E-state index < -0.39 is 0 Å². The Hall–Kier alpha value is -0.870. The molecule has 0 saturated carbocycles. The third kappa shape index (κ3) is 3.94. The predicted octanol–water partition coefficient (Wildman–Crippen LogP) is 1.89. The number of hydrogen-bond acceptors (Lipinski definition) is 3. The molecule has 2 unspecified atom stereocenters. The molecule has 1 aromatic heterocycles. The minimum atomic E-state index is -0.238. The molecule has 2 atom stereocenters. The summed E-state index contributed by atoms with van der Waals surface area (Å²) in [5.41, 5.74) is 1.19. The maximum absolute atomic E-state index is 9.16. The van der Waals surface area contributed by atoms with Crippen molar-refractivity contribution in [3.05, 3.63) is 18.0 Å². The zero-order chi connectivity index (χ0) is 12.1. The third-order valence-electron chi connectivity index (χ3n) is 2.66. The Labute approximate surface area is 97.7 Å². The molecule has 2 N–H and O–H groups in total. The molecule has 0 bridgehead atoms. The first-order valence-electron chi connectivity index (χ1n) is 5.96. The van der Waals surface area contributed by atoms with Crippen LogP contribution in [0.2, 0.25) is 0 Å². The van der Waals surface area contributed by atoms with Gasteiger partial charge < -0.3 is 10.4 Å². The predicted molar refractivity (Wildman–Crippen MR) is 65.3 cm³/mol. The molecule has 92 valence electrons. The van der Waals surface area contributed by atoms with Crippen LogP contribution < -0.4 is 5.32 Å². The number of aromatic nitrogens is 2. The van der Waals surface area contributed by atoms with E-state index in [4.69, 9.17) is 5.11 Å². The van der Waals surface area contributed by atoms with Crippen molar-refractivity contribution in [3.63, 3.8) is 0 Å². The van der Waals surface area contributed by atoms with Gasteiger partial charge in [-0.15, -0.1) is 0 Å². The van der Waals surface area contributed by atoms with E-state index in [9.17, 15) is 0 Å². The Morgan fingerprint density at radius 1 is 1.38 bits per heavy atom. The molecule has 0 amide bonds. The Morgan fingerprint density at radius 2 is 2.06 bits per heavy atom. The molecule has 0 aliphatic heterocycles. The monoisotopic (exact) mass is 225 g/mol. The lowest BCUT2D eigenvalue weighted by Crippen LogP contribution is -2.22. The van der Waals surface area contributed by atoms with Crippen LogP contribution in [0, 0.1) is 0 Å². The second-order valence-electron chi connectivity index (χ2n) is 4.66. The third-order valence-corrected chi connectivity index (χ3v) is 2.66. The van der Waals surface area contributed by atoms with Gasteiger partial charge in [-0.1, -0.05) is 0 Å². The van der Waals surface area contributed by atoms with Crippen LogP contribution in [0.25, 0.3) is 0 Å². The standard InChI is InChI=1S/C12H23N3O/c1-9(2)15-8-12(7-14-15)11(4)13-6-5-10(3)16/h7-11,13,16H,5-6H2,1-4H3. The molecule has 0 fully saturated rings. The molecule has 0 saturated heterocycles. The van der Waals surface area contributed by atoms with E-state index in [1.54, 1.807) is 0 Å². The maximum Gasteiger partial charge on any atom is 0.0537 e. The van der Waals surface area contributed by atoms with Gasteiger partial charge in [-0.2, -0.15) is 5.10 Å². The average Bonchev–Trinajstić information content (AvgIpc) is 2.65. The fourth-order valence-corrected chi connectivity index (χ4v) is 1.49. The molecule has 1 rings (SSSR count). The quantitative estimate of drug-likeness (QED) is 0.777. The van der Waals surface area contributed by atoms with Gasteiger partial charge in [-0.05, 0) is 40.7 Å². The summed E-state index contributed by atoms with van der Waals surface area (Å²) in [5.74, 6) is 0. The normalized spacial score (nSPS) is 15.4. The molecule has 0 aliphatic rings. The van der Waals surface area contributed by atoms with Crippen molar-refractivity contribution in [3.8, 4) is 0 Å². The molecule has 16 heavy (non-hydrogen) atoms. The van der Waals surface area contributed by atoms with Gasteiger partial charge in [0.15, 0.2) is 0 Å². The lowest BCUT2D eigenvalue weighted by atomic mass is 10.2. The molecule has 0 radical (unpaired) electrons. The summed E-state index contributed by atoms with van der Waals surface area (Å²) in [4.78, 5) is 0. The molecule has 4 heteroatoms. The number of aliphatic hydroxyl groups is 1. The van der Waals surface area contributed by atoms with Crippen molar-refractivity contribution in [2.24, 2.45) is 0 Å². The van der Waals surface area contributed by atoms with Crippen molar-refractivity contribution in [1.82, 2.24) is 15.1 Å². The second kappa shape index (κ2) is 6.01. The fourth-order valence-electron chi connectivity index (χ4n) is 1.49. The highest BCUT2D eigenvalue weighted by Gasteiger charge is 2.08. The minimum Gasteiger partial charge on any atom is -0.393 e. The summed E-state index contributed by atoms with van der Waals surface area (Å²) >= 11 is 0. The van der Waals surface area contributed by atoms with E-state index in [-0.39, 0.29) is 12.1 Å². The van der Waals surface area contributed by atoms with E-state index in [0.29, 0.717) is 6.04 Å².